The predicted octanol–water partition coefficient (Wildman–Crippen LogP) is 1.19. The Labute approximate surface area is 107 Å². The normalized spacial score (nSPS) is 18.8. The van der Waals surface area contributed by atoms with E-state index >= 15 is 0 Å². The predicted molar refractivity (Wildman–Crippen MR) is 70.5 cm³/mol. The van der Waals surface area contributed by atoms with Crippen LogP contribution in [-0.4, -0.2) is 30.1 Å². The van der Waals surface area contributed by atoms with Crippen LogP contribution in [0.25, 0.3) is 0 Å². The van der Waals surface area contributed by atoms with Gasteiger partial charge in [-0.05, 0) is 43.5 Å². The van der Waals surface area contributed by atoms with Gasteiger partial charge in [-0.1, -0.05) is 12.1 Å². The minimum atomic E-state index is 0.0126. The van der Waals surface area contributed by atoms with E-state index in [2.05, 4.69) is 10.6 Å². The van der Waals surface area contributed by atoms with Crippen LogP contribution in [0.3, 0.4) is 0 Å². The van der Waals surface area contributed by atoms with Crippen molar-refractivity contribution in [1.82, 2.24) is 10.6 Å². The summed E-state index contributed by atoms with van der Waals surface area (Å²) in [5.74, 6) is 0.217. The molecule has 0 saturated carbocycles. The van der Waals surface area contributed by atoms with E-state index in [9.17, 15) is 9.90 Å². The second kappa shape index (κ2) is 6.40. The molecule has 1 saturated heterocycles. The van der Waals surface area contributed by atoms with E-state index in [4.69, 9.17) is 0 Å². The average Bonchev–Trinajstić information content (AvgIpc) is 2.82. The van der Waals surface area contributed by atoms with Crippen molar-refractivity contribution < 1.29 is 9.90 Å². The number of carbonyl (C=O) groups is 1. The number of benzene rings is 1. The van der Waals surface area contributed by atoms with Crippen LogP contribution in [0.4, 0.5) is 0 Å². The molecule has 18 heavy (non-hydrogen) atoms. The second-order valence-electron chi connectivity index (χ2n) is 4.78. The Kier molecular flexibility index (Phi) is 4.59. The van der Waals surface area contributed by atoms with Gasteiger partial charge in [-0.2, -0.15) is 0 Å². The molecule has 1 fully saturated rings. The van der Waals surface area contributed by atoms with Crippen molar-refractivity contribution in [2.45, 2.75) is 31.7 Å². The summed E-state index contributed by atoms with van der Waals surface area (Å²) >= 11 is 0. The van der Waals surface area contributed by atoms with E-state index in [0.717, 1.165) is 25.1 Å². The number of nitrogens with one attached hydrogen (secondary N) is 2. The largest absolute Gasteiger partial charge is 0.508 e. The fourth-order valence-electron chi connectivity index (χ4n) is 2.30. The summed E-state index contributed by atoms with van der Waals surface area (Å²) in [6.07, 6.45) is 3.77. The van der Waals surface area contributed by atoms with Crippen molar-refractivity contribution in [1.29, 1.82) is 0 Å². The Morgan fingerprint density at radius 1 is 1.50 bits per heavy atom. The van der Waals surface area contributed by atoms with E-state index in [1.54, 1.807) is 18.2 Å². The van der Waals surface area contributed by atoms with Crippen LogP contribution < -0.4 is 10.6 Å². The van der Waals surface area contributed by atoms with Gasteiger partial charge >= 0.3 is 0 Å². The SMILES string of the molecule is O=C(Cc1cccc(O)c1)NCC[C@H]1CCCN1. The summed E-state index contributed by atoms with van der Waals surface area (Å²) in [4.78, 5) is 11.7. The van der Waals surface area contributed by atoms with Crippen molar-refractivity contribution in [3.8, 4) is 5.75 Å². The van der Waals surface area contributed by atoms with Gasteiger partial charge in [-0.25, -0.2) is 0 Å². The van der Waals surface area contributed by atoms with Gasteiger partial charge in [0, 0.05) is 12.6 Å². The molecule has 1 aromatic rings. The number of carbonyl (C=O) groups excluding carboxylic acids is 1. The van der Waals surface area contributed by atoms with Crippen molar-refractivity contribution in [2.75, 3.05) is 13.1 Å². The minimum Gasteiger partial charge on any atom is -0.508 e. The molecule has 0 radical (unpaired) electrons. The Morgan fingerprint density at radius 2 is 2.39 bits per heavy atom. The van der Waals surface area contributed by atoms with E-state index < -0.39 is 0 Å². The van der Waals surface area contributed by atoms with Gasteiger partial charge < -0.3 is 15.7 Å². The molecular formula is C14H20N2O2. The number of amides is 1. The smallest absolute Gasteiger partial charge is 0.224 e. The highest BCUT2D eigenvalue weighted by atomic mass is 16.3. The Balaban J connectivity index is 1.68. The molecule has 4 heteroatoms. The second-order valence-corrected chi connectivity index (χ2v) is 4.78. The van der Waals surface area contributed by atoms with Crippen LogP contribution in [0, 0.1) is 0 Å². The van der Waals surface area contributed by atoms with Crippen LogP contribution in [-0.2, 0) is 11.2 Å². The number of phenolic OH excluding ortho intramolecular Hbond substituents is 1. The summed E-state index contributed by atoms with van der Waals surface area (Å²) in [6.45, 7) is 1.82. The third-order valence-corrected chi connectivity index (χ3v) is 3.25. The van der Waals surface area contributed by atoms with E-state index in [0.29, 0.717) is 12.5 Å². The van der Waals surface area contributed by atoms with Crippen LogP contribution in [0.2, 0.25) is 0 Å². The number of aromatic hydroxyl groups is 1. The van der Waals surface area contributed by atoms with Crippen LogP contribution in [0.5, 0.6) is 5.75 Å². The highest BCUT2D eigenvalue weighted by molar-refractivity contribution is 5.78. The van der Waals surface area contributed by atoms with Crippen LogP contribution in [0.15, 0.2) is 24.3 Å². The highest BCUT2D eigenvalue weighted by Gasteiger charge is 2.13. The van der Waals surface area contributed by atoms with Crippen LogP contribution >= 0.6 is 0 Å². The fourth-order valence-corrected chi connectivity index (χ4v) is 2.30. The topological polar surface area (TPSA) is 61.4 Å². The maximum absolute atomic E-state index is 11.7. The maximum atomic E-state index is 11.7. The Morgan fingerprint density at radius 3 is 3.11 bits per heavy atom. The van der Waals surface area contributed by atoms with E-state index in [1.807, 2.05) is 6.07 Å². The van der Waals surface area contributed by atoms with Crippen molar-refractivity contribution in [2.24, 2.45) is 0 Å². The summed E-state index contributed by atoms with van der Waals surface area (Å²) in [5.41, 5.74) is 0.839. The first-order chi connectivity index (χ1) is 8.74. The van der Waals surface area contributed by atoms with E-state index in [-0.39, 0.29) is 11.7 Å². The molecule has 0 spiro atoms. The van der Waals surface area contributed by atoms with Gasteiger partial charge in [-0.3, -0.25) is 4.79 Å². The Hall–Kier alpha value is -1.55. The molecule has 4 nitrogen and oxygen atoms in total. The fraction of sp³-hybridized carbons (Fsp3) is 0.500. The lowest BCUT2D eigenvalue weighted by Crippen LogP contribution is -2.31. The number of hydrogen-bond donors (Lipinski definition) is 3. The summed E-state index contributed by atoms with van der Waals surface area (Å²) in [5, 5.41) is 15.6. The third kappa shape index (κ3) is 4.04. The zero-order valence-electron chi connectivity index (χ0n) is 10.5. The van der Waals surface area contributed by atoms with Gasteiger partial charge in [0.15, 0.2) is 0 Å². The number of rotatable bonds is 5. The first kappa shape index (κ1) is 12.9. The van der Waals surface area contributed by atoms with Gasteiger partial charge in [-0.15, -0.1) is 0 Å². The zero-order chi connectivity index (χ0) is 12.8. The molecule has 0 unspecified atom stereocenters. The molecule has 98 valence electrons. The first-order valence-corrected chi connectivity index (χ1v) is 6.52. The molecule has 1 aliphatic heterocycles. The molecule has 1 atom stereocenters. The van der Waals surface area contributed by atoms with Gasteiger partial charge in [0.25, 0.3) is 0 Å². The lowest BCUT2D eigenvalue weighted by Gasteiger charge is -2.10. The molecule has 1 heterocycles. The molecule has 3 N–H and O–H groups in total. The lowest BCUT2D eigenvalue weighted by molar-refractivity contribution is -0.120. The highest BCUT2D eigenvalue weighted by Crippen LogP contribution is 2.11. The summed E-state index contributed by atoms with van der Waals surface area (Å²) in [6, 6.07) is 7.38. The van der Waals surface area contributed by atoms with Crippen molar-refractivity contribution in [3.05, 3.63) is 29.8 Å². The molecule has 0 aromatic heterocycles. The molecule has 1 aliphatic rings. The first-order valence-electron chi connectivity index (χ1n) is 6.52. The zero-order valence-corrected chi connectivity index (χ0v) is 10.5. The molecule has 1 amide bonds. The molecule has 0 aliphatic carbocycles. The number of phenols is 1. The maximum Gasteiger partial charge on any atom is 0.224 e. The minimum absolute atomic E-state index is 0.0126. The summed E-state index contributed by atoms with van der Waals surface area (Å²) < 4.78 is 0. The molecule has 2 rings (SSSR count). The van der Waals surface area contributed by atoms with Gasteiger partial charge in [0.1, 0.15) is 5.75 Å². The number of hydrogen-bond acceptors (Lipinski definition) is 3. The van der Waals surface area contributed by atoms with Crippen LogP contribution in [0.1, 0.15) is 24.8 Å². The molecular weight excluding hydrogens is 228 g/mol. The van der Waals surface area contributed by atoms with E-state index in [1.165, 1.54) is 12.8 Å². The Bertz CT molecular complexity index is 401. The van der Waals surface area contributed by atoms with Crippen molar-refractivity contribution in [3.63, 3.8) is 0 Å². The van der Waals surface area contributed by atoms with Crippen molar-refractivity contribution >= 4 is 5.91 Å². The third-order valence-electron chi connectivity index (χ3n) is 3.25. The monoisotopic (exact) mass is 248 g/mol. The molecule has 0 bridgehead atoms. The quantitative estimate of drug-likeness (QED) is 0.733. The summed E-state index contributed by atoms with van der Waals surface area (Å²) in [7, 11) is 0. The molecule has 1 aromatic carbocycles. The van der Waals surface area contributed by atoms with Gasteiger partial charge in [0.05, 0.1) is 6.42 Å². The average molecular weight is 248 g/mol. The van der Waals surface area contributed by atoms with Gasteiger partial charge in [0.2, 0.25) is 5.91 Å². The standard InChI is InChI=1S/C14H20N2O2/c17-13-5-1-3-11(9-13)10-14(18)16-8-6-12-4-2-7-15-12/h1,3,5,9,12,15,17H,2,4,6-8,10H2,(H,16,18)/t12-/m1/s1. The lowest BCUT2D eigenvalue weighted by atomic mass is 10.1.